The normalized spacial score (nSPS) is 13.3. The molecule has 342 valence electrons. The molecule has 0 unspecified atom stereocenters. The van der Waals surface area contributed by atoms with Gasteiger partial charge in [0.05, 0.1) is 8.96 Å². The lowest BCUT2D eigenvalue weighted by Crippen LogP contribution is -2.43. The number of hydrogen-bond acceptors (Lipinski definition) is 0. The van der Waals surface area contributed by atoms with Crippen LogP contribution >= 0.6 is 31.9 Å². The Hall–Kier alpha value is -2.74. The minimum absolute atomic E-state index is 0.107. The van der Waals surface area contributed by atoms with E-state index in [-0.39, 0.29) is 32.5 Å². The third kappa shape index (κ3) is 12.8. The van der Waals surface area contributed by atoms with Crippen LogP contribution in [0.1, 0.15) is 216 Å². The Morgan fingerprint density at radius 2 is 0.619 bits per heavy atom. The van der Waals surface area contributed by atoms with Crippen LogP contribution in [0.4, 0.5) is 0 Å². The minimum atomic E-state index is -2.01. The molecule has 0 aromatic heterocycles. The molecule has 0 nitrogen and oxygen atoms in total. The van der Waals surface area contributed by atoms with Crippen molar-refractivity contribution in [1.82, 2.24) is 0 Å². The van der Waals surface area contributed by atoms with E-state index in [1.165, 1.54) is 50.1 Å². The van der Waals surface area contributed by atoms with E-state index in [1.807, 2.05) is 0 Å². The third-order valence-corrected chi connectivity index (χ3v) is 20.3. The molecule has 3 rings (SSSR count). The summed E-state index contributed by atoms with van der Waals surface area (Å²) < 4.78 is 0.760. The van der Waals surface area contributed by atoms with Crippen molar-refractivity contribution in [2.45, 2.75) is 221 Å². The maximum absolute atomic E-state index is 4.06. The van der Waals surface area contributed by atoms with Crippen molar-refractivity contribution in [1.29, 1.82) is 0 Å². The molecule has 0 aliphatic carbocycles. The molecule has 0 bridgehead atoms. The Balaban J connectivity index is 2.87. The van der Waals surface area contributed by atoms with Crippen molar-refractivity contribution < 1.29 is 0 Å². The van der Waals surface area contributed by atoms with Gasteiger partial charge in [0.2, 0.25) is 0 Å². The van der Waals surface area contributed by atoms with Gasteiger partial charge in [0.1, 0.15) is 13.5 Å². The summed E-state index contributed by atoms with van der Waals surface area (Å²) in [5.74, 6) is 18.1. The average molecular weight is 993 g/mol. The molecule has 0 aliphatic rings. The fraction of sp³-hybridized carbons (Fsp3) is 0.567. The van der Waals surface area contributed by atoms with E-state index in [4.69, 9.17) is 0 Å². The maximum atomic E-state index is 4.06. The van der Waals surface area contributed by atoms with Gasteiger partial charge in [-0.25, -0.2) is 0 Å². The Bertz CT molecular complexity index is 2050. The third-order valence-electron chi connectivity index (χ3n) is 13.3. The van der Waals surface area contributed by atoms with Gasteiger partial charge in [-0.2, -0.15) is 0 Å². The minimum Gasteiger partial charge on any atom is -0.124 e. The van der Waals surface area contributed by atoms with Crippen LogP contribution in [0.25, 0.3) is 0 Å². The van der Waals surface area contributed by atoms with Crippen LogP contribution in [0, 0.1) is 35.1 Å². The summed E-state index contributed by atoms with van der Waals surface area (Å²) in [6.07, 6.45) is 0. The van der Waals surface area contributed by atoms with E-state index >= 15 is 0 Å². The first kappa shape index (κ1) is 54.6. The Labute approximate surface area is 406 Å². The van der Waals surface area contributed by atoms with Crippen molar-refractivity contribution in [3.63, 3.8) is 0 Å². The number of rotatable bonds is 6. The number of allylic oxidation sites excluding steroid dienone is 1. The molecular formula is C60H84Br2Si. The zero-order valence-electron chi connectivity index (χ0n) is 44.2. The van der Waals surface area contributed by atoms with Gasteiger partial charge in [0.25, 0.3) is 0 Å². The van der Waals surface area contributed by atoms with Crippen molar-refractivity contribution in [3.8, 4) is 35.1 Å². The summed E-state index contributed by atoms with van der Waals surface area (Å²) in [5, 5.41) is 0. The van der Waals surface area contributed by atoms with Crippen LogP contribution in [-0.2, 0) is 37.9 Å². The second-order valence-corrected chi connectivity index (χ2v) is 33.7. The molecule has 3 heteroatoms. The molecular weight excluding hydrogens is 909 g/mol. The van der Waals surface area contributed by atoms with E-state index in [9.17, 15) is 0 Å². The number of benzene rings is 3. The molecule has 0 saturated carbocycles. The van der Waals surface area contributed by atoms with Crippen LogP contribution in [0.3, 0.4) is 0 Å². The zero-order chi connectivity index (χ0) is 48.7. The van der Waals surface area contributed by atoms with Gasteiger partial charge in [0, 0.05) is 0 Å². The molecule has 0 atom stereocenters. The largest absolute Gasteiger partial charge is 0.146 e. The van der Waals surface area contributed by atoms with Crippen LogP contribution in [0.5, 0.6) is 0 Å². The van der Waals surface area contributed by atoms with Gasteiger partial charge in [-0.1, -0.05) is 233 Å². The molecule has 0 N–H and O–H groups in total. The number of halogens is 2. The molecule has 0 spiro atoms. The lowest BCUT2D eigenvalue weighted by molar-refractivity contribution is 0.558. The molecule has 63 heavy (non-hydrogen) atoms. The van der Waals surface area contributed by atoms with Gasteiger partial charge in [-0.3, -0.25) is 0 Å². The van der Waals surface area contributed by atoms with Crippen LogP contribution < -0.4 is 0 Å². The molecule has 0 radical (unpaired) electrons. The Morgan fingerprint density at radius 1 is 0.381 bits per heavy atom. The van der Waals surface area contributed by atoms with Crippen molar-refractivity contribution >= 4 is 39.9 Å². The van der Waals surface area contributed by atoms with E-state index in [2.05, 4.69) is 288 Å². The SMILES string of the molecule is CC(C)[Si](C#CC(C#CC#CC(c1cc(C(C)(C)C)cc(C(C)(C)C)c1)(c1cc(C(C)(C)C)cc(C(C)(C)C)c1)c1cc(C(C)(C)C)cc(C(C)(C)C)c1)=C(Br)Br)(C(C)C)C(C)C. The van der Waals surface area contributed by atoms with E-state index in [1.54, 1.807) is 0 Å². The monoisotopic (exact) mass is 990 g/mol. The first-order chi connectivity index (χ1) is 28.3. The molecule has 0 amide bonds. The van der Waals surface area contributed by atoms with Gasteiger partial charge in [0.15, 0.2) is 0 Å². The first-order valence-electron chi connectivity index (χ1n) is 23.4. The predicted octanol–water partition coefficient (Wildman–Crippen LogP) is 18.0. The van der Waals surface area contributed by atoms with Crippen molar-refractivity contribution in [2.24, 2.45) is 0 Å². The zero-order valence-corrected chi connectivity index (χ0v) is 48.4. The fourth-order valence-corrected chi connectivity index (χ4v) is 14.4. The highest BCUT2D eigenvalue weighted by molar-refractivity contribution is 9.28. The fourth-order valence-electron chi connectivity index (χ4n) is 8.80. The standard InChI is InChI=1S/C60H84Br2Si/c1-40(2)63(41(3)4,42(5)6)30-28-43(53(61)62)27-25-26-29-60(50-34-44(54(7,8)9)31-45(35-50)55(10,11)12,51-36-46(56(13,14)15)32-47(37-51)57(16,17)18)52-38-48(58(19,20)21)33-49(39-52)59(22,23)24/h31-42H,1-24H3. The Kier molecular flexibility index (Phi) is 16.7. The lowest BCUT2D eigenvalue weighted by Gasteiger charge is -2.38. The smallest absolute Gasteiger partial charge is 0.124 e. The van der Waals surface area contributed by atoms with E-state index in [0.717, 1.165) is 8.96 Å². The number of hydrogen-bond donors (Lipinski definition) is 0. The molecule has 0 aliphatic heterocycles. The van der Waals surface area contributed by atoms with Gasteiger partial charge < -0.3 is 0 Å². The average Bonchev–Trinajstić information content (AvgIpc) is 3.11. The highest BCUT2D eigenvalue weighted by atomic mass is 79.9. The predicted molar refractivity (Wildman–Crippen MR) is 291 cm³/mol. The molecule has 3 aromatic carbocycles. The van der Waals surface area contributed by atoms with Crippen molar-refractivity contribution in [3.05, 3.63) is 114 Å². The molecule has 0 fully saturated rings. The second-order valence-electron chi connectivity index (χ2n) is 25.4. The van der Waals surface area contributed by atoms with E-state index < -0.39 is 13.5 Å². The molecule has 0 heterocycles. The van der Waals surface area contributed by atoms with Crippen LogP contribution in [0.2, 0.25) is 16.6 Å². The van der Waals surface area contributed by atoms with Gasteiger partial charge in [-0.15, -0.1) is 5.54 Å². The maximum Gasteiger partial charge on any atom is 0.146 e. The summed E-state index contributed by atoms with van der Waals surface area (Å²) in [6, 6.07) is 22.0. The highest BCUT2D eigenvalue weighted by Gasteiger charge is 2.42. The van der Waals surface area contributed by atoms with Gasteiger partial charge >= 0.3 is 0 Å². The quantitative estimate of drug-likeness (QED) is 0.131. The summed E-state index contributed by atoms with van der Waals surface area (Å²) >= 11 is 7.48. The Morgan fingerprint density at radius 3 is 0.825 bits per heavy atom. The topological polar surface area (TPSA) is 0 Å². The summed E-state index contributed by atoms with van der Waals surface area (Å²) in [4.78, 5) is 0. The molecule has 3 aromatic rings. The van der Waals surface area contributed by atoms with Gasteiger partial charge in [-0.05, 0) is 149 Å². The highest BCUT2D eigenvalue weighted by Crippen LogP contribution is 2.47. The van der Waals surface area contributed by atoms with E-state index in [0.29, 0.717) is 16.6 Å². The summed E-state index contributed by atoms with van der Waals surface area (Å²) in [6.45, 7) is 56.0. The van der Waals surface area contributed by atoms with Crippen molar-refractivity contribution in [2.75, 3.05) is 0 Å². The summed E-state index contributed by atoms with van der Waals surface area (Å²) in [7, 11) is -2.01. The molecule has 0 saturated heterocycles. The second kappa shape index (κ2) is 19.2. The van der Waals surface area contributed by atoms with Crippen LogP contribution in [0.15, 0.2) is 63.6 Å². The first-order valence-corrected chi connectivity index (χ1v) is 27.2. The lowest BCUT2D eigenvalue weighted by atomic mass is 9.64. The van der Waals surface area contributed by atoms with Crippen LogP contribution in [-0.4, -0.2) is 8.07 Å². The summed E-state index contributed by atoms with van der Waals surface area (Å²) in [5.41, 5.74) is 15.9.